The molecule has 2 aliphatic rings. The van der Waals surface area contributed by atoms with E-state index in [-0.39, 0.29) is 18.0 Å². The lowest BCUT2D eigenvalue weighted by Crippen LogP contribution is -2.46. The lowest BCUT2D eigenvalue weighted by Gasteiger charge is -2.30. The Kier molecular flexibility index (Phi) is 2.33. The van der Waals surface area contributed by atoms with Crippen LogP contribution in [-0.2, 0) is 14.8 Å². The topological polar surface area (TPSA) is 46.6 Å². The third-order valence-corrected chi connectivity index (χ3v) is 4.58. The van der Waals surface area contributed by atoms with Crippen molar-refractivity contribution in [2.24, 2.45) is 0 Å². The molecule has 0 spiro atoms. The maximum absolute atomic E-state index is 11.5. The summed E-state index contributed by atoms with van der Waals surface area (Å²) in [5.74, 6) is 0.201. The van der Waals surface area contributed by atoms with Crippen LogP contribution in [0.5, 0.6) is 0 Å². The minimum absolute atomic E-state index is 0.153. The maximum Gasteiger partial charge on any atom is 0.214 e. The zero-order valence-electron chi connectivity index (χ0n) is 7.77. The third kappa shape index (κ3) is 1.73. The molecule has 76 valence electrons. The summed E-state index contributed by atoms with van der Waals surface area (Å²) in [6.45, 7) is 2.81. The predicted octanol–water partition coefficient (Wildman–Crippen LogP) is 0.199. The number of hydrogen-bond donors (Lipinski definition) is 0. The van der Waals surface area contributed by atoms with Crippen molar-refractivity contribution in [3.8, 4) is 0 Å². The van der Waals surface area contributed by atoms with Crippen LogP contribution in [-0.4, -0.2) is 43.8 Å². The molecule has 13 heavy (non-hydrogen) atoms. The molecule has 0 aromatic carbocycles. The van der Waals surface area contributed by atoms with Gasteiger partial charge in [-0.2, -0.15) is 4.31 Å². The highest BCUT2D eigenvalue weighted by Gasteiger charge is 2.37. The molecular formula is C8H15NO3S. The SMILES string of the molecule is CCS(=O)(=O)N1CC2CCC(C1)O2. The zero-order chi connectivity index (χ0) is 9.47. The standard InChI is InChI=1S/C8H15NO3S/c1-2-13(10,11)9-5-7-3-4-8(6-9)12-7/h7-8H,2-6H2,1H3. The summed E-state index contributed by atoms with van der Waals surface area (Å²) in [6, 6.07) is 0. The Labute approximate surface area is 78.9 Å². The van der Waals surface area contributed by atoms with Crippen LogP contribution >= 0.6 is 0 Å². The summed E-state index contributed by atoms with van der Waals surface area (Å²) in [5, 5.41) is 0. The zero-order valence-corrected chi connectivity index (χ0v) is 8.59. The van der Waals surface area contributed by atoms with Gasteiger partial charge >= 0.3 is 0 Å². The summed E-state index contributed by atoms with van der Waals surface area (Å²) in [4.78, 5) is 0. The van der Waals surface area contributed by atoms with Crippen molar-refractivity contribution in [2.45, 2.75) is 32.0 Å². The van der Waals surface area contributed by atoms with E-state index in [9.17, 15) is 8.42 Å². The van der Waals surface area contributed by atoms with E-state index >= 15 is 0 Å². The van der Waals surface area contributed by atoms with Crippen molar-refractivity contribution in [2.75, 3.05) is 18.8 Å². The van der Waals surface area contributed by atoms with Crippen LogP contribution in [0.1, 0.15) is 19.8 Å². The first-order valence-electron chi connectivity index (χ1n) is 4.75. The Hall–Kier alpha value is -0.130. The average Bonchev–Trinajstić information content (AvgIpc) is 2.45. The Morgan fingerprint density at radius 1 is 1.31 bits per heavy atom. The van der Waals surface area contributed by atoms with Crippen molar-refractivity contribution in [1.29, 1.82) is 0 Å². The molecule has 0 saturated carbocycles. The normalized spacial score (nSPS) is 35.2. The van der Waals surface area contributed by atoms with E-state index in [0.717, 1.165) is 12.8 Å². The number of rotatable bonds is 2. The number of ether oxygens (including phenoxy) is 1. The summed E-state index contributed by atoms with van der Waals surface area (Å²) in [6.07, 6.45) is 2.33. The van der Waals surface area contributed by atoms with Crippen LogP contribution in [0.3, 0.4) is 0 Å². The molecule has 2 atom stereocenters. The molecule has 2 rings (SSSR count). The summed E-state index contributed by atoms with van der Waals surface area (Å²) in [5.41, 5.74) is 0. The van der Waals surface area contributed by atoms with Crippen molar-refractivity contribution >= 4 is 10.0 Å². The van der Waals surface area contributed by atoms with Gasteiger partial charge in [0.15, 0.2) is 0 Å². The first kappa shape index (κ1) is 9.43. The Bertz CT molecular complexity index is 276. The molecule has 0 aliphatic carbocycles. The van der Waals surface area contributed by atoms with Gasteiger partial charge in [0.25, 0.3) is 0 Å². The molecule has 0 amide bonds. The summed E-state index contributed by atoms with van der Waals surface area (Å²) < 4.78 is 30.2. The van der Waals surface area contributed by atoms with Crippen LogP contribution in [0.2, 0.25) is 0 Å². The van der Waals surface area contributed by atoms with Gasteiger partial charge in [0, 0.05) is 13.1 Å². The van der Waals surface area contributed by atoms with Crippen LogP contribution in [0.25, 0.3) is 0 Å². The highest BCUT2D eigenvalue weighted by molar-refractivity contribution is 7.89. The molecule has 5 heteroatoms. The molecule has 2 saturated heterocycles. The molecule has 0 radical (unpaired) electrons. The lowest BCUT2D eigenvalue weighted by molar-refractivity contribution is -0.0114. The lowest BCUT2D eigenvalue weighted by atomic mass is 10.2. The smallest absolute Gasteiger partial charge is 0.214 e. The molecule has 2 fully saturated rings. The summed E-state index contributed by atoms with van der Waals surface area (Å²) >= 11 is 0. The number of sulfonamides is 1. The van der Waals surface area contributed by atoms with Crippen molar-refractivity contribution in [3.63, 3.8) is 0 Å². The Morgan fingerprint density at radius 2 is 1.85 bits per heavy atom. The summed E-state index contributed by atoms with van der Waals surface area (Å²) in [7, 11) is -2.99. The fraction of sp³-hybridized carbons (Fsp3) is 1.00. The minimum Gasteiger partial charge on any atom is -0.372 e. The first-order valence-corrected chi connectivity index (χ1v) is 6.36. The second kappa shape index (κ2) is 3.22. The van der Waals surface area contributed by atoms with Gasteiger partial charge in [-0.25, -0.2) is 8.42 Å². The van der Waals surface area contributed by atoms with Crippen molar-refractivity contribution in [3.05, 3.63) is 0 Å². The van der Waals surface area contributed by atoms with Gasteiger partial charge in [-0.3, -0.25) is 0 Å². The van der Waals surface area contributed by atoms with Crippen LogP contribution in [0.4, 0.5) is 0 Å². The van der Waals surface area contributed by atoms with Gasteiger partial charge in [-0.15, -0.1) is 0 Å². The van der Waals surface area contributed by atoms with Gasteiger partial charge in [-0.05, 0) is 19.8 Å². The highest BCUT2D eigenvalue weighted by Crippen LogP contribution is 2.27. The van der Waals surface area contributed by atoms with E-state index < -0.39 is 10.0 Å². The van der Waals surface area contributed by atoms with Gasteiger partial charge in [-0.1, -0.05) is 0 Å². The van der Waals surface area contributed by atoms with Gasteiger partial charge in [0.05, 0.1) is 18.0 Å². The Balaban J connectivity index is 2.11. The van der Waals surface area contributed by atoms with Gasteiger partial charge in [0.1, 0.15) is 0 Å². The molecule has 4 nitrogen and oxygen atoms in total. The predicted molar refractivity (Wildman–Crippen MR) is 48.9 cm³/mol. The minimum atomic E-state index is -2.99. The fourth-order valence-corrected chi connectivity index (χ4v) is 3.14. The molecule has 2 aliphatic heterocycles. The number of hydrogen-bond acceptors (Lipinski definition) is 3. The number of morpholine rings is 1. The average molecular weight is 205 g/mol. The van der Waals surface area contributed by atoms with Gasteiger partial charge in [0.2, 0.25) is 10.0 Å². The number of fused-ring (bicyclic) bond motifs is 2. The number of nitrogens with zero attached hydrogens (tertiary/aromatic N) is 1. The van der Waals surface area contributed by atoms with E-state index in [4.69, 9.17) is 4.74 Å². The first-order chi connectivity index (χ1) is 6.12. The molecule has 0 aromatic rings. The van der Waals surface area contributed by atoms with E-state index in [1.165, 1.54) is 0 Å². The third-order valence-electron chi connectivity index (χ3n) is 2.77. The maximum atomic E-state index is 11.5. The fourth-order valence-electron chi connectivity index (χ4n) is 1.99. The van der Waals surface area contributed by atoms with E-state index in [0.29, 0.717) is 13.1 Å². The van der Waals surface area contributed by atoms with Crippen molar-refractivity contribution < 1.29 is 13.2 Å². The largest absolute Gasteiger partial charge is 0.372 e. The van der Waals surface area contributed by atoms with E-state index in [2.05, 4.69) is 0 Å². The second-order valence-electron chi connectivity index (χ2n) is 3.67. The monoisotopic (exact) mass is 205 g/mol. The quantitative estimate of drug-likeness (QED) is 0.647. The molecule has 2 unspecified atom stereocenters. The second-order valence-corrected chi connectivity index (χ2v) is 5.93. The molecule has 0 aromatic heterocycles. The van der Waals surface area contributed by atoms with Crippen molar-refractivity contribution in [1.82, 2.24) is 4.31 Å². The molecule has 0 N–H and O–H groups in total. The van der Waals surface area contributed by atoms with Crippen LogP contribution in [0, 0.1) is 0 Å². The molecule has 2 bridgehead atoms. The molecular weight excluding hydrogens is 190 g/mol. The van der Waals surface area contributed by atoms with Crippen LogP contribution < -0.4 is 0 Å². The van der Waals surface area contributed by atoms with E-state index in [1.54, 1.807) is 11.2 Å². The molecule has 2 heterocycles. The van der Waals surface area contributed by atoms with Crippen LogP contribution in [0.15, 0.2) is 0 Å². The highest BCUT2D eigenvalue weighted by atomic mass is 32.2. The Morgan fingerprint density at radius 3 is 2.31 bits per heavy atom. The van der Waals surface area contributed by atoms with E-state index in [1.807, 2.05) is 0 Å². The van der Waals surface area contributed by atoms with Gasteiger partial charge < -0.3 is 4.74 Å².